The molecule has 52 heavy (non-hydrogen) atoms. The van der Waals surface area contributed by atoms with Crippen LogP contribution in [0.3, 0.4) is 0 Å². The van der Waals surface area contributed by atoms with Gasteiger partial charge in [0.2, 0.25) is 11.8 Å². The van der Waals surface area contributed by atoms with E-state index in [1.165, 1.54) is 0 Å². The summed E-state index contributed by atoms with van der Waals surface area (Å²) in [6, 6.07) is 18.8. The van der Waals surface area contributed by atoms with Gasteiger partial charge in [-0.3, -0.25) is 29.4 Å². The predicted molar refractivity (Wildman–Crippen MR) is 209 cm³/mol. The number of aryl methyl sites for hydroxylation is 1. The number of aromatic nitrogens is 2. The third-order valence-electron chi connectivity index (χ3n) is 11.0. The van der Waals surface area contributed by atoms with Crippen LogP contribution in [0.4, 0.5) is 5.69 Å². The first-order chi connectivity index (χ1) is 24.6. The molecule has 3 amide bonds. The Morgan fingerprint density at radius 1 is 0.885 bits per heavy atom. The third kappa shape index (κ3) is 9.31. The minimum atomic E-state index is -0.811. The monoisotopic (exact) mass is 729 g/mol. The highest BCUT2D eigenvalue weighted by atomic mass is 35.5. The van der Waals surface area contributed by atoms with Crippen LogP contribution in [0.15, 0.2) is 65.5 Å². The van der Waals surface area contributed by atoms with Gasteiger partial charge in [0.1, 0.15) is 6.04 Å². The van der Waals surface area contributed by atoms with E-state index in [2.05, 4.69) is 45.1 Å². The first-order valence-electron chi connectivity index (χ1n) is 18.3. The van der Waals surface area contributed by atoms with Gasteiger partial charge in [0.05, 0.1) is 10.9 Å². The molecule has 12 heteroatoms. The lowest BCUT2D eigenvalue weighted by atomic mass is 9.81. The second kappa shape index (κ2) is 17.4. The molecule has 0 bridgehead atoms. The van der Waals surface area contributed by atoms with Gasteiger partial charge in [0.15, 0.2) is 0 Å². The van der Waals surface area contributed by atoms with E-state index in [9.17, 15) is 19.2 Å². The molecule has 11 nitrogen and oxygen atoms in total. The molecule has 7 N–H and O–H groups in total. The summed E-state index contributed by atoms with van der Waals surface area (Å²) < 4.78 is 0. The van der Waals surface area contributed by atoms with E-state index in [0.717, 1.165) is 73.6 Å². The molecule has 6 rings (SSSR count). The van der Waals surface area contributed by atoms with Gasteiger partial charge in [-0.2, -0.15) is 0 Å². The van der Waals surface area contributed by atoms with Crippen molar-refractivity contribution in [2.45, 2.75) is 82.8 Å². The lowest BCUT2D eigenvalue weighted by Crippen LogP contribution is -2.48. The van der Waals surface area contributed by atoms with Crippen molar-refractivity contribution in [3.8, 4) is 11.1 Å². The van der Waals surface area contributed by atoms with E-state index in [4.69, 9.17) is 5.73 Å². The third-order valence-corrected chi connectivity index (χ3v) is 11.0. The molecule has 1 heterocycles. The predicted octanol–water partition coefficient (Wildman–Crippen LogP) is 5.29. The van der Waals surface area contributed by atoms with Gasteiger partial charge in [0.25, 0.3) is 11.5 Å². The number of carbonyl (C=O) groups is 3. The summed E-state index contributed by atoms with van der Waals surface area (Å²) in [7, 11) is 4.24. The Bertz CT molecular complexity index is 1900. The zero-order valence-electron chi connectivity index (χ0n) is 30.3. The number of carbonyl (C=O) groups excluding carboxylic acids is 3. The van der Waals surface area contributed by atoms with Crippen LogP contribution in [-0.4, -0.2) is 71.6 Å². The van der Waals surface area contributed by atoms with E-state index in [-0.39, 0.29) is 47.6 Å². The van der Waals surface area contributed by atoms with Crippen molar-refractivity contribution in [2.75, 3.05) is 26.0 Å². The molecular weight excluding hydrogens is 678 g/mol. The largest absolute Gasteiger partial charge is 0.349 e. The van der Waals surface area contributed by atoms with Crippen LogP contribution in [0.25, 0.3) is 22.0 Å². The molecule has 2 saturated carbocycles. The summed E-state index contributed by atoms with van der Waals surface area (Å²) in [4.78, 5) is 54.5. The Balaban J connectivity index is 0.00000523. The Kier molecular flexibility index (Phi) is 13.0. The highest BCUT2D eigenvalue weighted by molar-refractivity contribution is 5.99. The van der Waals surface area contributed by atoms with Crippen LogP contribution in [0.2, 0.25) is 0 Å². The van der Waals surface area contributed by atoms with Crippen molar-refractivity contribution in [1.29, 1.82) is 0 Å². The number of halogens is 1. The first kappa shape index (κ1) is 38.8. The minimum absolute atomic E-state index is 0. The number of benzene rings is 3. The van der Waals surface area contributed by atoms with Gasteiger partial charge in [-0.15, -0.1) is 12.4 Å². The molecular formula is C40H52ClN7O4. The summed E-state index contributed by atoms with van der Waals surface area (Å²) in [5.74, 6) is -0.202. The molecule has 278 valence electrons. The molecule has 2 aliphatic carbocycles. The molecule has 2 aliphatic rings. The number of aromatic amines is 2. The quantitative estimate of drug-likeness (QED) is 0.123. The lowest BCUT2D eigenvalue weighted by Gasteiger charge is -2.33. The summed E-state index contributed by atoms with van der Waals surface area (Å²) in [5, 5.41) is 15.1. The number of H-pyrrole nitrogens is 2. The number of anilines is 1. The SMILES string of the molecule is Cc1cc(C(=O)NC2CCC(N(C)C)CC2)ccc1-c1ccc(C[C@H](NC(=O)C2CCC(CN)CC2)C(=O)Nc2ccc3c(=O)[nH][nH]c3c2)cc1.Cl. The molecule has 0 aliphatic heterocycles. The Hall–Kier alpha value is -4.45. The number of fused-ring (bicyclic) bond motifs is 1. The molecule has 1 atom stereocenters. The topological polar surface area (TPSA) is 165 Å². The van der Waals surface area contributed by atoms with Crippen molar-refractivity contribution in [3.05, 3.63) is 87.7 Å². The number of hydrogen-bond donors (Lipinski definition) is 6. The lowest BCUT2D eigenvalue weighted by molar-refractivity contribution is -0.130. The van der Waals surface area contributed by atoms with E-state index in [1.54, 1.807) is 18.2 Å². The van der Waals surface area contributed by atoms with E-state index in [0.29, 0.717) is 47.1 Å². The van der Waals surface area contributed by atoms with Crippen LogP contribution in [0, 0.1) is 18.8 Å². The summed E-state index contributed by atoms with van der Waals surface area (Å²) >= 11 is 0. The molecule has 2 fully saturated rings. The number of nitrogens with zero attached hydrogens (tertiary/aromatic N) is 1. The molecule has 4 aromatic rings. The zero-order chi connectivity index (χ0) is 36.1. The maximum absolute atomic E-state index is 13.7. The number of nitrogens with two attached hydrogens (primary N) is 1. The Labute approximate surface area is 311 Å². The van der Waals surface area contributed by atoms with Gasteiger partial charge in [0, 0.05) is 35.7 Å². The maximum Gasteiger partial charge on any atom is 0.271 e. The number of amides is 3. The van der Waals surface area contributed by atoms with Crippen LogP contribution in [0.1, 0.15) is 72.9 Å². The molecule has 1 aromatic heterocycles. The average Bonchev–Trinajstić information content (AvgIpc) is 3.51. The highest BCUT2D eigenvalue weighted by Crippen LogP contribution is 2.29. The normalized spacial score (nSPS) is 20.9. The van der Waals surface area contributed by atoms with E-state index >= 15 is 0 Å². The zero-order valence-corrected chi connectivity index (χ0v) is 31.1. The van der Waals surface area contributed by atoms with Crippen LogP contribution in [0.5, 0.6) is 0 Å². The van der Waals surface area contributed by atoms with E-state index < -0.39 is 6.04 Å². The highest BCUT2D eigenvalue weighted by Gasteiger charge is 2.30. The Morgan fingerprint density at radius 2 is 1.60 bits per heavy atom. The molecule has 0 spiro atoms. The van der Waals surface area contributed by atoms with Crippen LogP contribution >= 0.6 is 12.4 Å². The number of rotatable bonds is 11. The number of nitrogens with one attached hydrogen (secondary N) is 5. The van der Waals surface area contributed by atoms with Gasteiger partial charge >= 0.3 is 0 Å². The standard InChI is InChI=1S/C40H51N7O4.ClH/c1-24-20-29(38(49)42-30-13-16-32(17-14-30)47(2)3)12-18-33(24)27-8-4-25(5-9-27)21-36(44-37(48)28-10-6-26(23-41)7-11-28)40(51)43-31-15-19-34-35(22-31)45-46-39(34)50;/h4-5,8-9,12,15,18-20,22,26,28,30,32,36H,6-7,10-11,13-14,16-17,21,23,41H2,1-3H3,(H,42,49)(H,43,51)(H,44,48)(H2,45,46,50);1H/t26?,28?,30?,32?,36-;/m0./s1. The molecule has 0 unspecified atom stereocenters. The second-order valence-electron chi connectivity index (χ2n) is 14.7. The first-order valence-corrected chi connectivity index (χ1v) is 18.3. The van der Waals surface area contributed by atoms with Crippen molar-refractivity contribution in [2.24, 2.45) is 17.6 Å². The fraction of sp³-hybridized carbons (Fsp3) is 0.450. The van der Waals surface area contributed by atoms with Gasteiger partial charge < -0.3 is 26.6 Å². The fourth-order valence-electron chi connectivity index (χ4n) is 7.69. The van der Waals surface area contributed by atoms with Crippen LogP contribution < -0.4 is 27.2 Å². The fourth-order valence-corrected chi connectivity index (χ4v) is 7.69. The van der Waals surface area contributed by atoms with Gasteiger partial charge in [-0.1, -0.05) is 30.3 Å². The number of hydrogen-bond acceptors (Lipinski definition) is 6. The van der Waals surface area contributed by atoms with Crippen LogP contribution in [-0.2, 0) is 16.0 Å². The van der Waals surface area contributed by atoms with Gasteiger partial charge in [-0.05, 0) is 137 Å². The smallest absolute Gasteiger partial charge is 0.271 e. The van der Waals surface area contributed by atoms with Crippen molar-refractivity contribution in [1.82, 2.24) is 25.7 Å². The second-order valence-corrected chi connectivity index (χ2v) is 14.7. The van der Waals surface area contributed by atoms with Crippen molar-refractivity contribution < 1.29 is 14.4 Å². The molecule has 0 radical (unpaired) electrons. The summed E-state index contributed by atoms with van der Waals surface area (Å²) in [5.41, 5.74) is 11.3. The molecule has 3 aromatic carbocycles. The summed E-state index contributed by atoms with van der Waals surface area (Å²) in [6.45, 7) is 2.64. The minimum Gasteiger partial charge on any atom is -0.349 e. The maximum atomic E-state index is 13.7. The molecule has 0 saturated heterocycles. The van der Waals surface area contributed by atoms with Gasteiger partial charge in [-0.25, -0.2) is 0 Å². The Morgan fingerprint density at radius 3 is 2.25 bits per heavy atom. The van der Waals surface area contributed by atoms with Crippen molar-refractivity contribution >= 4 is 46.7 Å². The van der Waals surface area contributed by atoms with E-state index in [1.807, 2.05) is 49.4 Å². The average molecular weight is 730 g/mol. The van der Waals surface area contributed by atoms with Crippen molar-refractivity contribution in [3.63, 3.8) is 0 Å². The summed E-state index contributed by atoms with van der Waals surface area (Å²) in [6.07, 6.45) is 7.79.